The van der Waals surface area contributed by atoms with E-state index < -0.39 is 17.5 Å². The fraction of sp³-hybridized carbons (Fsp3) is 0.667. The van der Waals surface area contributed by atoms with Gasteiger partial charge in [-0.1, -0.05) is 0 Å². The number of hydrogen-bond donors (Lipinski definition) is 2. The van der Waals surface area contributed by atoms with Crippen LogP contribution in [0.2, 0.25) is 0 Å². The lowest BCUT2D eigenvalue weighted by Gasteiger charge is -2.19. The number of halogens is 1. The van der Waals surface area contributed by atoms with E-state index in [1.54, 1.807) is 20.8 Å². The molecule has 0 aromatic carbocycles. The lowest BCUT2D eigenvalue weighted by atomic mass is 10.2. The predicted octanol–water partition coefficient (Wildman–Crippen LogP) is 1.36. The minimum atomic E-state index is -0.681. The van der Waals surface area contributed by atoms with Gasteiger partial charge in [-0.25, -0.2) is 9.18 Å². The number of aliphatic hydroxyl groups is 1. The molecule has 0 aliphatic heterocycles. The molecular weight excluding hydrogens is 189 g/mol. The van der Waals surface area contributed by atoms with Crippen LogP contribution < -0.4 is 5.32 Å². The van der Waals surface area contributed by atoms with Crippen LogP contribution in [-0.4, -0.2) is 30.0 Å². The molecule has 0 bridgehead atoms. The van der Waals surface area contributed by atoms with Crippen molar-refractivity contribution in [2.24, 2.45) is 0 Å². The lowest BCUT2D eigenvalue weighted by Crippen LogP contribution is -2.33. The molecule has 0 spiro atoms. The van der Waals surface area contributed by atoms with E-state index in [1.807, 2.05) is 0 Å². The van der Waals surface area contributed by atoms with Crippen molar-refractivity contribution in [2.45, 2.75) is 26.4 Å². The number of amides is 1. The third-order valence-corrected chi connectivity index (χ3v) is 1.11. The molecule has 0 saturated heterocycles. The zero-order valence-corrected chi connectivity index (χ0v) is 8.63. The summed E-state index contributed by atoms with van der Waals surface area (Å²) in [5.74, 6) is -0.599. The Balaban J connectivity index is 3.81. The molecule has 0 aliphatic rings. The zero-order chi connectivity index (χ0) is 11.2. The molecule has 1 amide bonds. The second kappa shape index (κ2) is 5.59. The molecular formula is C9H16FNO3. The van der Waals surface area contributed by atoms with Crippen molar-refractivity contribution < 1.29 is 19.0 Å². The molecule has 0 saturated carbocycles. The third-order valence-electron chi connectivity index (χ3n) is 1.11. The average Bonchev–Trinajstić information content (AvgIpc) is 1.98. The summed E-state index contributed by atoms with van der Waals surface area (Å²) in [6, 6.07) is 0. The van der Waals surface area contributed by atoms with E-state index in [-0.39, 0.29) is 13.2 Å². The lowest BCUT2D eigenvalue weighted by molar-refractivity contribution is 0.0529. The van der Waals surface area contributed by atoms with Gasteiger partial charge >= 0.3 is 6.09 Å². The van der Waals surface area contributed by atoms with Gasteiger partial charge in [0.05, 0.1) is 13.2 Å². The topological polar surface area (TPSA) is 58.6 Å². The Morgan fingerprint density at radius 2 is 2.14 bits per heavy atom. The van der Waals surface area contributed by atoms with Gasteiger partial charge in [0.1, 0.15) is 11.4 Å². The predicted molar refractivity (Wildman–Crippen MR) is 50.5 cm³/mol. The minimum Gasteiger partial charge on any atom is -0.444 e. The Bertz CT molecular complexity index is 221. The summed E-state index contributed by atoms with van der Waals surface area (Å²) in [4.78, 5) is 11.0. The van der Waals surface area contributed by atoms with Crippen LogP contribution in [0.4, 0.5) is 9.18 Å². The molecule has 82 valence electrons. The second-order valence-corrected chi connectivity index (χ2v) is 3.69. The van der Waals surface area contributed by atoms with Crippen LogP contribution in [0.15, 0.2) is 11.9 Å². The zero-order valence-electron chi connectivity index (χ0n) is 8.63. The van der Waals surface area contributed by atoms with Crippen LogP contribution >= 0.6 is 0 Å². The molecule has 2 N–H and O–H groups in total. The number of aliphatic hydroxyl groups excluding tert-OH is 1. The molecule has 0 atom stereocenters. The number of hydrogen-bond acceptors (Lipinski definition) is 3. The number of ether oxygens (including phenoxy) is 1. The van der Waals surface area contributed by atoms with Gasteiger partial charge in [-0.05, 0) is 26.8 Å². The Hall–Kier alpha value is -1.10. The maximum atomic E-state index is 12.6. The molecule has 0 aromatic rings. The SMILES string of the molecule is CC(C)(C)OC(=O)NC/C(F)=C\CO. The first-order valence-corrected chi connectivity index (χ1v) is 4.27. The van der Waals surface area contributed by atoms with Crippen LogP contribution in [0.25, 0.3) is 0 Å². The highest BCUT2D eigenvalue weighted by molar-refractivity contribution is 5.67. The van der Waals surface area contributed by atoms with Crippen LogP contribution in [0, 0.1) is 0 Å². The normalized spacial score (nSPS) is 12.5. The Labute approximate surface area is 82.8 Å². The fourth-order valence-corrected chi connectivity index (χ4v) is 0.642. The van der Waals surface area contributed by atoms with Gasteiger partial charge in [0.25, 0.3) is 0 Å². The van der Waals surface area contributed by atoms with Gasteiger partial charge in [0.2, 0.25) is 0 Å². The summed E-state index contributed by atoms with van der Waals surface area (Å²) in [7, 11) is 0. The third kappa shape index (κ3) is 7.54. The Morgan fingerprint density at radius 1 is 1.57 bits per heavy atom. The van der Waals surface area contributed by atoms with E-state index in [9.17, 15) is 9.18 Å². The molecule has 0 unspecified atom stereocenters. The molecule has 5 heteroatoms. The standard InChI is InChI=1S/C9H16FNO3/c1-9(2,3)14-8(13)11-6-7(10)4-5-12/h4,12H,5-6H2,1-3H3,(H,11,13)/b7-4+. The van der Waals surface area contributed by atoms with E-state index in [0.29, 0.717) is 0 Å². The van der Waals surface area contributed by atoms with E-state index in [0.717, 1.165) is 6.08 Å². The Morgan fingerprint density at radius 3 is 2.57 bits per heavy atom. The number of carbonyl (C=O) groups excluding carboxylic acids is 1. The molecule has 0 fully saturated rings. The first-order chi connectivity index (χ1) is 6.35. The van der Waals surface area contributed by atoms with Gasteiger partial charge in [-0.2, -0.15) is 0 Å². The molecule has 0 aromatic heterocycles. The van der Waals surface area contributed by atoms with E-state index in [4.69, 9.17) is 9.84 Å². The second-order valence-electron chi connectivity index (χ2n) is 3.69. The van der Waals surface area contributed by atoms with Crippen LogP contribution in [0.3, 0.4) is 0 Å². The first-order valence-electron chi connectivity index (χ1n) is 4.27. The van der Waals surface area contributed by atoms with Crippen molar-refractivity contribution in [2.75, 3.05) is 13.2 Å². The van der Waals surface area contributed by atoms with E-state index in [2.05, 4.69) is 5.32 Å². The smallest absolute Gasteiger partial charge is 0.408 e. The summed E-state index contributed by atoms with van der Waals surface area (Å²) < 4.78 is 17.5. The molecule has 14 heavy (non-hydrogen) atoms. The molecule has 0 aliphatic carbocycles. The minimum absolute atomic E-state index is 0.268. The molecule has 4 nitrogen and oxygen atoms in total. The van der Waals surface area contributed by atoms with Gasteiger partial charge in [-0.15, -0.1) is 0 Å². The maximum absolute atomic E-state index is 12.6. The summed E-state index contributed by atoms with van der Waals surface area (Å²) in [5.41, 5.74) is -0.596. The summed E-state index contributed by atoms with van der Waals surface area (Å²) in [5, 5.41) is 10.5. The fourth-order valence-electron chi connectivity index (χ4n) is 0.642. The number of carbonyl (C=O) groups is 1. The van der Waals surface area contributed by atoms with E-state index in [1.165, 1.54) is 0 Å². The maximum Gasteiger partial charge on any atom is 0.408 e. The van der Waals surface area contributed by atoms with Crippen molar-refractivity contribution in [3.8, 4) is 0 Å². The van der Waals surface area contributed by atoms with Gasteiger partial charge in [0.15, 0.2) is 0 Å². The highest BCUT2D eigenvalue weighted by atomic mass is 19.1. The highest BCUT2D eigenvalue weighted by Crippen LogP contribution is 2.06. The van der Waals surface area contributed by atoms with Gasteiger partial charge < -0.3 is 15.2 Å². The first kappa shape index (κ1) is 12.9. The molecule has 0 rings (SSSR count). The Kier molecular flexibility index (Phi) is 5.15. The van der Waals surface area contributed by atoms with E-state index >= 15 is 0 Å². The summed E-state index contributed by atoms with van der Waals surface area (Å²) >= 11 is 0. The van der Waals surface area contributed by atoms with Crippen LogP contribution in [-0.2, 0) is 4.74 Å². The number of alkyl carbamates (subject to hydrolysis) is 1. The van der Waals surface area contributed by atoms with Gasteiger partial charge in [0, 0.05) is 0 Å². The van der Waals surface area contributed by atoms with Crippen molar-refractivity contribution in [1.82, 2.24) is 5.32 Å². The summed E-state index contributed by atoms with van der Waals surface area (Å²) in [6.07, 6.45) is 0.288. The van der Waals surface area contributed by atoms with Crippen LogP contribution in [0.1, 0.15) is 20.8 Å². The average molecular weight is 205 g/mol. The monoisotopic (exact) mass is 205 g/mol. The van der Waals surface area contributed by atoms with Crippen molar-refractivity contribution in [3.63, 3.8) is 0 Å². The summed E-state index contributed by atoms with van der Waals surface area (Å²) in [6.45, 7) is 4.49. The van der Waals surface area contributed by atoms with Crippen molar-refractivity contribution >= 4 is 6.09 Å². The van der Waals surface area contributed by atoms with Crippen LogP contribution in [0.5, 0.6) is 0 Å². The quantitative estimate of drug-likeness (QED) is 0.731. The largest absolute Gasteiger partial charge is 0.444 e. The van der Waals surface area contributed by atoms with Crippen molar-refractivity contribution in [3.05, 3.63) is 11.9 Å². The highest BCUT2D eigenvalue weighted by Gasteiger charge is 2.15. The molecule has 0 heterocycles. The van der Waals surface area contributed by atoms with Crippen molar-refractivity contribution in [1.29, 1.82) is 0 Å². The number of rotatable bonds is 3. The molecule has 0 radical (unpaired) electrons. The van der Waals surface area contributed by atoms with Gasteiger partial charge in [-0.3, -0.25) is 0 Å². The number of nitrogens with one attached hydrogen (secondary N) is 1.